The minimum atomic E-state index is 0.0172. The van der Waals surface area contributed by atoms with Crippen LogP contribution in [-0.2, 0) is 9.53 Å². The van der Waals surface area contributed by atoms with E-state index in [1.807, 2.05) is 0 Å². The van der Waals surface area contributed by atoms with E-state index in [1.165, 1.54) is 32.1 Å². The Balaban J connectivity index is 1.72. The van der Waals surface area contributed by atoms with Crippen LogP contribution in [0.25, 0.3) is 0 Å². The Morgan fingerprint density at radius 1 is 1.06 bits per heavy atom. The highest BCUT2D eigenvalue weighted by atomic mass is 16.5. The van der Waals surface area contributed by atoms with Gasteiger partial charge in [-0.25, -0.2) is 0 Å². The van der Waals surface area contributed by atoms with E-state index in [4.69, 9.17) is 10.5 Å². The number of esters is 1. The Hall–Kier alpha value is -0.570. The van der Waals surface area contributed by atoms with E-state index in [9.17, 15) is 4.79 Å². The molecular weight excluding hydrogens is 214 g/mol. The van der Waals surface area contributed by atoms with Gasteiger partial charge >= 0.3 is 5.97 Å². The zero-order valence-corrected chi connectivity index (χ0v) is 10.7. The fraction of sp³-hybridized carbons (Fsp3) is 0.929. The van der Waals surface area contributed by atoms with Crippen LogP contribution in [0.3, 0.4) is 0 Å². The lowest BCUT2D eigenvalue weighted by Gasteiger charge is -2.23. The summed E-state index contributed by atoms with van der Waals surface area (Å²) < 4.78 is 5.50. The van der Waals surface area contributed by atoms with Crippen molar-refractivity contribution in [2.45, 2.75) is 51.4 Å². The third-order valence-corrected chi connectivity index (χ3v) is 4.45. The van der Waals surface area contributed by atoms with Gasteiger partial charge in [0.05, 0.1) is 12.5 Å². The number of hydrogen-bond acceptors (Lipinski definition) is 3. The largest absolute Gasteiger partial charge is 0.465 e. The molecule has 0 aromatic carbocycles. The standard InChI is InChI=1S/C14H25NO2/c15-9-12-7-4-8-13(12)14(16)17-10-11-5-2-1-3-6-11/h11-13H,1-10,15H2. The molecule has 2 saturated carbocycles. The van der Waals surface area contributed by atoms with Crippen LogP contribution in [0.5, 0.6) is 0 Å². The first-order chi connectivity index (χ1) is 8.31. The molecule has 0 aliphatic heterocycles. The van der Waals surface area contributed by atoms with Crippen LogP contribution in [0.1, 0.15) is 51.4 Å². The molecule has 2 atom stereocenters. The topological polar surface area (TPSA) is 52.3 Å². The first kappa shape index (κ1) is 12.9. The maximum Gasteiger partial charge on any atom is 0.309 e. The Bertz CT molecular complexity index is 249. The maximum absolute atomic E-state index is 12.0. The molecule has 0 bridgehead atoms. The molecule has 17 heavy (non-hydrogen) atoms. The molecule has 2 fully saturated rings. The molecule has 0 amide bonds. The van der Waals surface area contributed by atoms with E-state index in [0.29, 0.717) is 25.0 Å². The van der Waals surface area contributed by atoms with Gasteiger partial charge < -0.3 is 10.5 Å². The minimum absolute atomic E-state index is 0.0172. The molecule has 0 saturated heterocycles. The summed E-state index contributed by atoms with van der Waals surface area (Å²) in [5, 5.41) is 0. The van der Waals surface area contributed by atoms with Crippen molar-refractivity contribution in [1.82, 2.24) is 0 Å². The normalized spacial score (nSPS) is 30.4. The Labute approximate surface area is 104 Å². The average Bonchev–Trinajstić information content (AvgIpc) is 2.85. The van der Waals surface area contributed by atoms with Gasteiger partial charge in [-0.3, -0.25) is 4.79 Å². The van der Waals surface area contributed by atoms with Gasteiger partial charge in [-0.2, -0.15) is 0 Å². The molecule has 2 rings (SSSR count). The maximum atomic E-state index is 12.0. The molecule has 3 nitrogen and oxygen atoms in total. The Kier molecular flexibility index (Phi) is 4.84. The molecule has 2 aliphatic carbocycles. The molecular formula is C14H25NO2. The van der Waals surface area contributed by atoms with Gasteiger partial charge in [-0.05, 0) is 44.1 Å². The van der Waals surface area contributed by atoms with Gasteiger partial charge in [0.1, 0.15) is 0 Å². The number of carbonyl (C=O) groups is 1. The van der Waals surface area contributed by atoms with Crippen LogP contribution in [0.2, 0.25) is 0 Å². The van der Waals surface area contributed by atoms with Gasteiger partial charge in [0.15, 0.2) is 0 Å². The second-order valence-corrected chi connectivity index (χ2v) is 5.67. The van der Waals surface area contributed by atoms with Crippen molar-refractivity contribution < 1.29 is 9.53 Å². The number of rotatable bonds is 4. The average molecular weight is 239 g/mol. The van der Waals surface area contributed by atoms with Gasteiger partial charge in [-0.15, -0.1) is 0 Å². The van der Waals surface area contributed by atoms with Gasteiger partial charge in [-0.1, -0.05) is 25.7 Å². The van der Waals surface area contributed by atoms with Crippen LogP contribution in [0, 0.1) is 17.8 Å². The highest BCUT2D eigenvalue weighted by molar-refractivity contribution is 5.73. The first-order valence-electron chi connectivity index (χ1n) is 7.18. The van der Waals surface area contributed by atoms with E-state index < -0.39 is 0 Å². The lowest BCUT2D eigenvalue weighted by atomic mass is 9.90. The van der Waals surface area contributed by atoms with Crippen molar-refractivity contribution in [1.29, 1.82) is 0 Å². The fourth-order valence-electron chi connectivity index (χ4n) is 3.29. The van der Waals surface area contributed by atoms with Gasteiger partial charge in [0.2, 0.25) is 0 Å². The van der Waals surface area contributed by atoms with Crippen LogP contribution in [0.15, 0.2) is 0 Å². The predicted molar refractivity (Wildman–Crippen MR) is 67.4 cm³/mol. The molecule has 0 spiro atoms. The zero-order valence-electron chi connectivity index (χ0n) is 10.7. The summed E-state index contributed by atoms with van der Waals surface area (Å²) in [6.07, 6.45) is 9.63. The third-order valence-electron chi connectivity index (χ3n) is 4.45. The van der Waals surface area contributed by atoms with Crippen LogP contribution in [-0.4, -0.2) is 19.1 Å². The summed E-state index contributed by atoms with van der Waals surface area (Å²) in [7, 11) is 0. The molecule has 2 aliphatic rings. The van der Waals surface area contributed by atoms with Crippen molar-refractivity contribution in [3.63, 3.8) is 0 Å². The van der Waals surface area contributed by atoms with Crippen LogP contribution >= 0.6 is 0 Å². The van der Waals surface area contributed by atoms with E-state index in [0.717, 1.165) is 19.3 Å². The molecule has 2 unspecified atom stereocenters. The zero-order chi connectivity index (χ0) is 12.1. The smallest absolute Gasteiger partial charge is 0.309 e. The number of hydrogen-bond donors (Lipinski definition) is 1. The molecule has 98 valence electrons. The monoisotopic (exact) mass is 239 g/mol. The van der Waals surface area contributed by atoms with Crippen molar-refractivity contribution >= 4 is 5.97 Å². The van der Waals surface area contributed by atoms with Crippen LogP contribution < -0.4 is 5.73 Å². The van der Waals surface area contributed by atoms with Crippen LogP contribution in [0.4, 0.5) is 0 Å². The molecule has 0 aromatic rings. The van der Waals surface area contributed by atoms with Crippen molar-refractivity contribution in [3.8, 4) is 0 Å². The second kappa shape index (κ2) is 6.39. The number of nitrogens with two attached hydrogens (primary N) is 1. The van der Waals surface area contributed by atoms with Crippen molar-refractivity contribution in [2.75, 3.05) is 13.2 Å². The summed E-state index contributed by atoms with van der Waals surface area (Å²) >= 11 is 0. The summed E-state index contributed by atoms with van der Waals surface area (Å²) in [5.74, 6) is 1.09. The van der Waals surface area contributed by atoms with E-state index >= 15 is 0 Å². The van der Waals surface area contributed by atoms with E-state index in [-0.39, 0.29) is 11.9 Å². The highest BCUT2D eigenvalue weighted by Crippen LogP contribution is 2.32. The van der Waals surface area contributed by atoms with Gasteiger partial charge in [0, 0.05) is 0 Å². The van der Waals surface area contributed by atoms with E-state index in [2.05, 4.69) is 0 Å². The van der Waals surface area contributed by atoms with Crippen molar-refractivity contribution in [2.24, 2.45) is 23.5 Å². The lowest BCUT2D eigenvalue weighted by molar-refractivity contribution is -0.151. The quantitative estimate of drug-likeness (QED) is 0.767. The summed E-state index contributed by atoms with van der Waals surface area (Å²) in [6.45, 7) is 1.27. The molecule has 3 heteroatoms. The Morgan fingerprint density at radius 3 is 2.53 bits per heavy atom. The number of ether oxygens (including phenoxy) is 1. The van der Waals surface area contributed by atoms with E-state index in [1.54, 1.807) is 0 Å². The SMILES string of the molecule is NCC1CCCC1C(=O)OCC1CCCCC1. The summed E-state index contributed by atoms with van der Waals surface area (Å²) in [5.41, 5.74) is 5.69. The Morgan fingerprint density at radius 2 is 1.82 bits per heavy atom. The first-order valence-corrected chi connectivity index (χ1v) is 7.18. The summed E-state index contributed by atoms with van der Waals surface area (Å²) in [4.78, 5) is 12.0. The molecule has 0 aromatic heterocycles. The number of carbonyl (C=O) groups excluding carboxylic acids is 1. The third kappa shape index (κ3) is 3.44. The second-order valence-electron chi connectivity index (χ2n) is 5.67. The van der Waals surface area contributed by atoms with Gasteiger partial charge in [0.25, 0.3) is 0 Å². The highest BCUT2D eigenvalue weighted by Gasteiger charge is 2.33. The predicted octanol–water partition coefficient (Wildman–Crippen LogP) is 2.48. The fourth-order valence-corrected chi connectivity index (χ4v) is 3.29. The lowest BCUT2D eigenvalue weighted by Crippen LogP contribution is -2.28. The molecule has 2 N–H and O–H groups in total. The minimum Gasteiger partial charge on any atom is -0.465 e. The van der Waals surface area contributed by atoms with Crippen molar-refractivity contribution in [3.05, 3.63) is 0 Å². The summed E-state index contributed by atoms with van der Waals surface area (Å²) in [6, 6.07) is 0. The molecule has 0 heterocycles. The molecule has 0 radical (unpaired) electrons.